The van der Waals surface area contributed by atoms with Crippen LogP contribution in [-0.4, -0.2) is 34.3 Å². The van der Waals surface area contributed by atoms with E-state index in [1.54, 1.807) is 16.7 Å². The van der Waals surface area contributed by atoms with E-state index in [2.05, 4.69) is 22.5 Å². The van der Waals surface area contributed by atoms with Gasteiger partial charge in [0.2, 0.25) is 5.82 Å². The molecule has 6 nitrogen and oxygen atoms in total. The van der Waals surface area contributed by atoms with Crippen LogP contribution in [0.15, 0.2) is 24.4 Å². The summed E-state index contributed by atoms with van der Waals surface area (Å²) in [6.07, 6.45) is 4.52. The molecule has 2 aromatic rings. The Kier molecular flexibility index (Phi) is 5.52. The van der Waals surface area contributed by atoms with E-state index in [1.165, 1.54) is 0 Å². The molecule has 118 valence electrons. The molecule has 0 aliphatic carbocycles. The highest BCUT2D eigenvalue weighted by Crippen LogP contribution is 2.13. The molecule has 0 spiro atoms. The van der Waals surface area contributed by atoms with E-state index in [9.17, 15) is 9.59 Å². The molecule has 2 heterocycles. The molecule has 2 rings (SSSR count). The van der Waals surface area contributed by atoms with Gasteiger partial charge in [-0.25, -0.2) is 4.98 Å². The first-order valence-corrected chi connectivity index (χ1v) is 7.72. The van der Waals surface area contributed by atoms with Crippen molar-refractivity contribution in [2.24, 2.45) is 0 Å². The van der Waals surface area contributed by atoms with Gasteiger partial charge in [0.15, 0.2) is 5.69 Å². The van der Waals surface area contributed by atoms with Crippen LogP contribution in [0.1, 0.15) is 54.2 Å². The van der Waals surface area contributed by atoms with Crippen LogP contribution >= 0.6 is 0 Å². The number of hydrogen-bond acceptors (Lipinski definition) is 3. The Bertz CT molecular complexity index is 663. The van der Waals surface area contributed by atoms with E-state index < -0.39 is 0 Å². The molecule has 2 aromatic heterocycles. The number of carbonyl (C=O) groups excluding carboxylic acids is 2. The highest BCUT2D eigenvalue weighted by molar-refractivity contribution is 6.02. The van der Waals surface area contributed by atoms with E-state index in [0.717, 1.165) is 19.3 Å². The monoisotopic (exact) mass is 302 g/mol. The molecule has 0 aliphatic heterocycles. The van der Waals surface area contributed by atoms with Crippen LogP contribution < -0.4 is 10.6 Å². The maximum absolute atomic E-state index is 12.3. The van der Waals surface area contributed by atoms with Gasteiger partial charge in [-0.1, -0.05) is 26.3 Å². The Morgan fingerprint density at radius 3 is 2.59 bits per heavy atom. The quantitative estimate of drug-likeness (QED) is 0.768. The second-order valence-corrected chi connectivity index (χ2v) is 5.11. The number of pyridine rings is 1. The van der Waals surface area contributed by atoms with Crippen molar-refractivity contribution < 1.29 is 9.59 Å². The number of amides is 2. The van der Waals surface area contributed by atoms with Crippen molar-refractivity contribution in [2.45, 2.75) is 33.1 Å². The highest BCUT2D eigenvalue weighted by atomic mass is 16.2. The lowest BCUT2D eigenvalue weighted by Gasteiger charge is -2.02. The summed E-state index contributed by atoms with van der Waals surface area (Å²) < 4.78 is 1.65. The molecular weight excluding hydrogens is 280 g/mol. The second kappa shape index (κ2) is 7.59. The number of imidazole rings is 1. The average Bonchev–Trinajstić information content (AvgIpc) is 2.92. The molecule has 0 atom stereocenters. The van der Waals surface area contributed by atoms with Crippen molar-refractivity contribution in [3.63, 3.8) is 0 Å². The van der Waals surface area contributed by atoms with Crippen molar-refractivity contribution in [2.75, 3.05) is 13.1 Å². The van der Waals surface area contributed by atoms with E-state index in [4.69, 9.17) is 0 Å². The average molecular weight is 302 g/mol. The lowest BCUT2D eigenvalue weighted by atomic mass is 10.3. The zero-order chi connectivity index (χ0) is 15.9. The molecule has 0 fully saturated rings. The van der Waals surface area contributed by atoms with Crippen LogP contribution in [0.4, 0.5) is 0 Å². The van der Waals surface area contributed by atoms with Crippen LogP contribution in [0.5, 0.6) is 0 Å². The Balaban J connectivity index is 2.31. The fourth-order valence-corrected chi connectivity index (χ4v) is 2.15. The normalized spacial score (nSPS) is 10.6. The smallest absolute Gasteiger partial charge is 0.287 e. The van der Waals surface area contributed by atoms with Crippen LogP contribution in [-0.2, 0) is 0 Å². The molecule has 2 amide bonds. The predicted molar refractivity (Wildman–Crippen MR) is 85.1 cm³/mol. The number of rotatable bonds is 7. The standard InChI is InChI=1S/C16H22N4O2/c1-3-5-10-18-15(21)13-12-8-6-7-11-20(12)14(19-13)16(22)17-9-4-2/h6-8,11H,3-5,9-10H2,1-2H3,(H,17,22)(H,18,21). The largest absolute Gasteiger partial charge is 0.351 e. The van der Waals surface area contributed by atoms with Gasteiger partial charge >= 0.3 is 0 Å². The summed E-state index contributed by atoms with van der Waals surface area (Å²) in [5, 5.41) is 5.63. The molecule has 0 radical (unpaired) electrons. The summed E-state index contributed by atoms with van der Waals surface area (Å²) in [4.78, 5) is 28.7. The van der Waals surface area contributed by atoms with Crippen molar-refractivity contribution in [1.82, 2.24) is 20.0 Å². The van der Waals surface area contributed by atoms with Crippen molar-refractivity contribution in [3.05, 3.63) is 35.9 Å². The van der Waals surface area contributed by atoms with E-state index in [1.807, 2.05) is 19.1 Å². The first-order valence-electron chi connectivity index (χ1n) is 7.72. The Labute approximate surface area is 129 Å². The maximum Gasteiger partial charge on any atom is 0.287 e. The van der Waals surface area contributed by atoms with Gasteiger partial charge < -0.3 is 10.6 Å². The first-order chi connectivity index (χ1) is 10.7. The van der Waals surface area contributed by atoms with Crippen molar-refractivity contribution in [1.29, 1.82) is 0 Å². The molecule has 6 heteroatoms. The third-order valence-corrected chi connectivity index (χ3v) is 3.32. The van der Waals surface area contributed by atoms with Gasteiger partial charge in [0.25, 0.3) is 11.8 Å². The third-order valence-electron chi connectivity index (χ3n) is 3.32. The summed E-state index contributed by atoms with van der Waals surface area (Å²) in [6.45, 7) is 5.24. The van der Waals surface area contributed by atoms with Gasteiger partial charge in [0.05, 0.1) is 5.52 Å². The maximum atomic E-state index is 12.3. The van der Waals surface area contributed by atoms with Gasteiger partial charge in [-0.2, -0.15) is 0 Å². The van der Waals surface area contributed by atoms with Gasteiger partial charge in [-0.15, -0.1) is 0 Å². The van der Waals surface area contributed by atoms with Crippen molar-refractivity contribution in [3.8, 4) is 0 Å². The van der Waals surface area contributed by atoms with Gasteiger partial charge in [-0.3, -0.25) is 14.0 Å². The molecule has 0 saturated carbocycles. The summed E-state index contributed by atoms with van der Waals surface area (Å²) in [6, 6.07) is 5.43. The summed E-state index contributed by atoms with van der Waals surface area (Å²) in [5.74, 6) is -0.271. The minimum Gasteiger partial charge on any atom is -0.351 e. The lowest BCUT2D eigenvalue weighted by molar-refractivity contribution is 0.0942. The van der Waals surface area contributed by atoms with Crippen LogP contribution in [0, 0.1) is 0 Å². The number of hydrogen-bond donors (Lipinski definition) is 2. The minimum absolute atomic E-state index is 0.240. The zero-order valence-electron chi connectivity index (χ0n) is 13.1. The van der Waals surface area contributed by atoms with Crippen LogP contribution in [0.25, 0.3) is 5.52 Å². The topological polar surface area (TPSA) is 75.5 Å². The van der Waals surface area contributed by atoms with Crippen LogP contribution in [0.3, 0.4) is 0 Å². The summed E-state index contributed by atoms with van der Waals surface area (Å²) in [7, 11) is 0. The molecular formula is C16H22N4O2. The highest BCUT2D eigenvalue weighted by Gasteiger charge is 2.20. The molecule has 22 heavy (non-hydrogen) atoms. The predicted octanol–water partition coefficient (Wildman–Crippen LogP) is 2.00. The molecule has 0 bridgehead atoms. The summed E-state index contributed by atoms with van der Waals surface area (Å²) in [5.41, 5.74) is 0.927. The second-order valence-electron chi connectivity index (χ2n) is 5.11. The van der Waals surface area contributed by atoms with E-state index in [-0.39, 0.29) is 17.6 Å². The summed E-state index contributed by atoms with van der Waals surface area (Å²) >= 11 is 0. The fraction of sp³-hybridized carbons (Fsp3) is 0.438. The Hall–Kier alpha value is -2.37. The van der Waals surface area contributed by atoms with Crippen molar-refractivity contribution >= 4 is 17.3 Å². The lowest BCUT2D eigenvalue weighted by Crippen LogP contribution is -2.27. The minimum atomic E-state index is -0.268. The van der Waals surface area contributed by atoms with Gasteiger partial charge in [0, 0.05) is 19.3 Å². The Morgan fingerprint density at radius 1 is 1.09 bits per heavy atom. The number of nitrogens with zero attached hydrogens (tertiary/aromatic N) is 2. The Morgan fingerprint density at radius 2 is 1.86 bits per heavy atom. The van der Waals surface area contributed by atoms with Crippen LogP contribution in [0.2, 0.25) is 0 Å². The van der Waals surface area contributed by atoms with Gasteiger partial charge in [0.1, 0.15) is 0 Å². The number of unbranched alkanes of at least 4 members (excludes halogenated alkanes) is 1. The number of carbonyl (C=O) groups is 2. The zero-order valence-corrected chi connectivity index (χ0v) is 13.1. The SMILES string of the molecule is CCCCNC(=O)c1nc(C(=O)NCCC)n2ccccc12. The fourth-order valence-electron chi connectivity index (χ4n) is 2.15. The third kappa shape index (κ3) is 3.44. The first kappa shape index (κ1) is 16.0. The van der Waals surface area contributed by atoms with E-state index >= 15 is 0 Å². The van der Waals surface area contributed by atoms with E-state index in [0.29, 0.717) is 24.3 Å². The number of nitrogens with one attached hydrogen (secondary N) is 2. The molecule has 0 aromatic carbocycles. The number of fused-ring (bicyclic) bond motifs is 1. The van der Waals surface area contributed by atoms with Gasteiger partial charge in [-0.05, 0) is 25.0 Å². The molecule has 0 unspecified atom stereocenters. The molecule has 2 N–H and O–H groups in total. The number of aromatic nitrogens is 2. The molecule has 0 aliphatic rings. The molecule has 0 saturated heterocycles.